The van der Waals surface area contributed by atoms with Crippen LogP contribution in [0.3, 0.4) is 0 Å². The van der Waals surface area contributed by atoms with Crippen LogP contribution in [0.15, 0.2) is 41.3 Å². The van der Waals surface area contributed by atoms with Crippen molar-refractivity contribution in [2.75, 3.05) is 38.4 Å². The molecule has 0 amide bonds. The third kappa shape index (κ3) is 3.91. The zero-order valence-corrected chi connectivity index (χ0v) is 16.7. The molecule has 1 aromatic carbocycles. The van der Waals surface area contributed by atoms with Crippen LogP contribution < -0.4 is 15.2 Å². The number of rotatable bonds is 5. The molecule has 9 heteroatoms. The van der Waals surface area contributed by atoms with Crippen LogP contribution in [0.4, 0.5) is 5.95 Å². The lowest BCUT2D eigenvalue weighted by molar-refractivity contribution is 0.0718. The van der Waals surface area contributed by atoms with E-state index in [-0.39, 0.29) is 18.2 Å². The number of morpholine rings is 1. The second-order valence-electron chi connectivity index (χ2n) is 6.78. The number of hydrogen-bond acceptors (Lipinski definition) is 7. The predicted molar refractivity (Wildman–Crippen MR) is 110 cm³/mol. The van der Waals surface area contributed by atoms with Crippen molar-refractivity contribution in [2.24, 2.45) is 0 Å². The maximum atomic E-state index is 12.6. The van der Waals surface area contributed by atoms with E-state index in [1.54, 1.807) is 36.1 Å². The van der Waals surface area contributed by atoms with Gasteiger partial charge >= 0.3 is 0 Å². The van der Waals surface area contributed by atoms with Crippen molar-refractivity contribution in [3.63, 3.8) is 0 Å². The first kappa shape index (κ1) is 19.6. The number of ether oxygens (including phenoxy) is 2. The topological polar surface area (TPSA) is 89.7 Å². The number of pyridine rings is 1. The molecule has 0 spiro atoms. The fourth-order valence-electron chi connectivity index (χ4n) is 3.41. The molecule has 0 radical (unpaired) electrons. The minimum Gasteiger partial charge on any atom is -0.495 e. The molecular weight excluding hydrogens is 396 g/mol. The fraction of sp³-hybridized carbons (Fsp3) is 0.350. The number of aliphatic hydroxyl groups is 1. The van der Waals surface area contributed by atoms with Crippen LogP contribution in [0, 0.1) is 0 Å². The summed E-state index contributed by atoms with van der Waals surface area (Å²) in [4.78, 5) is 23.6. The van der Waals surface area contributed by atoms with Gasteiger partial charge in [0.2, 0.25) is 5.95 Å². The van der Waals surface area contributed by atoms with Gasteiger partial charge in [0.25, 0.3) is 5.56 Å². The second kappa shape index (κ2) is 8.36. The minimum atomic E-state index is -0.217. The Labute approximate surface area is 172 Å². The van der Waals surface area contributed by atoms with Crippen LogP contribution in [-0.4, -0.2) is 59.2 Å². The molecule has 3 heterocycles. The molecule has 29 heavy (non-hydrogen) atoms. The summed E-state index contributed by atoms with van der Waals surface area (Å²) in [5.74, 6) is 1.04. The zero-order valence-electron chi connectivity index (χ0n) is 15.9. The summed E-state index contributed by atoms with van der Waals surface area (Å²) < 4.78 is 12.2. The van der Waals surface area contributed by atoms with E-state index in [1.165, 1.54) is 6.07 Å². The van der Waals surface area contributed by atoms with Gasteiger partial charge < -0.3 is 19.5 Å². The van der Waals surface area contributed by atoms with Crippen molar-refractivity contribution in [2.45, 2.75) is 12.6 Å². The highest BCUT2D eigenvalue weighted by molar-refractivity contribution is 6.32. The second-order valence-corrected chi connectivity index (χ2v) is 7.19. The van der Waals surface area contributed by atoms with E-state index in [2.05, 4.69) is 9.97 Å². The van der Waals surface area contributed by atoms with E-state index in [1.807, 2.05) is 11.0 Å². The standard InChI is InChI=1S/C20H21ClN4O4/c1-28-17-4-2-13(8-16(17)21)10-25-18(27)5-3-14-9-22-20(23-19(14)25)24-6-7-29-12-15(24)11-26/h2-5,8-9,15,26H,6-7,10-12H2,1H3. The quantitative estimate of drug-likeness (QED) is 0.677. The SMILES string of the molecule is COc1ccc(Cn2c(=O)ccc3cnc(N4CCOCC4CO)nc32)cc1Cl. The van der Waals surface area contributed by atoms with Crippen molar-refractivity contribution >= 4 is 28.6 Å². The first-order valence-electron chi connectivity index (χ1n) is 9.25. The smallest absolute Gasteiger partial charge is 0.252 e. The van der Waals surface area contributed by atoms with Crippen molar-refractivity contribution in [3.8, 4) is 5.75 Å². The summed E-state index contributed by atoms with van der Waals surface area (Å²) >= 11 is 6.23. The Morgan fingerprint density at radius 3 is 2.97 bits per heavy atom. The average Bonchev–Trinajstić information content (AvgIpc) is 2.75. The molecule has 4 rings (SSSR count). The van der Waals surface area contributed by atoms with Gasteiger partial charge in [0.15, 0.2) is 0 Å². The number of methoxy groups -OCH3 is 1. The molecule has 8 nitrogen and oxygen atoms in total. The summed E-state index contributed by atoms with van der Waals surface area (Å²) in [6, 6.07) is 8.40. The maximum Gasteiger partial charge on any atom is 0.252 e. The van der Waals surface area contributed by atoms with E-state index >= 15 is 0 Å². The number of aromatic nitrogens is 3. The van der Waals surface area contributed by atoms with Crippen LogP contribution in [0.25, 0.3) is 11.0 Å². The van der Waals surface area contributed by atoms with Crippen molar-refractivity contribution in [1.82, 2.24) is 14.5 Å². The lowest BCUT2D eigenvalue weighted by atomic mass is 10.2. The predicted octanol–water partition coefficient (Wildman–Crippen LogP) is 1.70. The normalized spacial score (nSPS) is 16.9. The molecule has 1 unspecified atom stereocenters. The van der Waals surface area contributed by atoms with Gasteiger partial charge in [-0.25, -0.2) is 4.98 Å². The number of aliphatic hydroxyl groups excluding tert-OH is 1. The lowest BCUT2D eigenvalue weighted by Gasteiger charge is -2.34. The molecule has 152 valence electrons. The number of fused-ring (bicyclic) bond motifs is 1. The average molecular weight is 417 g/mol. The van der Waals surface area contributed by atoms with E-state index < -0.39 is 0 Å². The number of anilines is 1. The van der Waals surface area contributed by atoms with Crippen LogP contribution in [0.5, 0.6) is 5.75 Å². The summed E-state index contributed by atoms with van der Waals surface area (Å²) in [6.07, 6.45) is 1.69. The molecule has 0 bridgehead atoms. The third-order valence-electron chi connectivity index (χ3n) is 4.96. The summed E-state index contributed by atoms with van der Waals surface area (Å²) in [5, 5.41) is 10.9. The first-order valence-corrected chi connectivity index (χ1v) is 9.62. The number of halogens is 1. The van der Waals surface area contributed by atoms with Gasteiger partial charge in [0, 0.05) is 24.2 Å². The molecular formula is C20H21ClN4O4. The van der Waals surface area contributed by atoms with E-state index in [4.69, 9.17) is 21.1 Å². The number of hydrogen-bond donors (Lipinski definition) is 1. The zero-order chi connectivity index (χ0) is 20.4. The van der Waals surface area contributed by atoms with Crippen molar-refractivity contribution < 1.29 is 14.6 Å². The van der Waals surface area contributed by atoms with Gasteiger partial charge in [-0.15, -0.1) is 0 Å². The van der Waals surface area contributed by atoms with Crippen LogP contribution >= 0.6 is 11.6 Å². The van der Waals surface area contributed by atoms with E-state index in [0.29, 0.717) is 48.7 Å². The molecule has 3 aromatic rings. The largest absolute Gasteiger partial charge is 0.495 e. The van der Waals surface area contributed by atoms with E-state index in [9.17, 15) is 9.90 Å². The van der Waals surface area contributed by atoms with Gasteiger partial charge in [0.1, 0.15) is 11.4 Å². The molecule has 2 aromatic heterocycles. The molecule has 0 aliphatic carbocycles. The summed E-state index contributed by atoms with van der Waals surface area (Å²) in [5.41, 5.74) is 1.21. The molecule has 1 saturated heterocycles. The Hall–Kier alpha value is -2.68. The highest BCUT2D eigenvalue weighted by atomic mass is 35.5. The van der Waals surface area contributed by atoms with Crippen LogP contribution in [0.2, 0.25) is 5.02 Å². The molecule has 0 saturated carbocycles. The Morgan fingerprint density at radius 2 is 2.21 bits per heavy atom. The van der Waals surface area contributed by atoms with Gasteiger partial charge in [0.05, 0.1) is 44.5 Å². The highest BCUT2D eigenvalue weighted by Crippen LogP contribution is 2.25. The molecule has 1 aliphatic rings. The fourth-order valence-corrected chi connectivity index (χ4v) is 3.69. The maximum absolute atomic E-state index is 12.6. The Bertz CT molecular complexity index is 1090. The van der Waals surface area contributed by atoms with Crippen molar-refractivity contribution in [3.05, 3.63) is 57.5 Å². The Kier molecular flexibility index (Phi) is 5.66. The third-order valence-corrected chi connectivity index (χ3v) is 5.26. The monoisotopic (exact) mass is 416 g/mol. The molecule has 1 aliphatic heterocycles. The number of benzene rings is 1. The molecule has 1 fully saturated rings. The molecule has 1 N–H and O–H groups in total. The Morgan fingerprint density at radius 1 is 1.34 bits per heavy atom. The Balaban J connectivity index is 1.76. The first-order chi connectivity index (χ1) is 14.1. The van der Waals surface area contributed by atoms with E-state index in [0.717, 1.165) is 10.9 Å². The van der Waals surface area contributed by atoms with Gasteiger partial charge in [-0.3, -0.25) is 9.36 Å². The van der Waals surface area contributed by atoms with Gasteiger partial charge in [-0.2, -0.15) is 4.98 Å². The van der Waals surface area contributed by atoms with Crippen molar-refractivity contribution in [1.29, 1.82) is 0 Å². The van der Waals surface area contributed by atoms with Gasteiger partial charge in [-0.1, -0.05) is 17.7 Å². The summed E-state index contributed by atoms with van der Waals surface area (Å²) in [7, 11) is 1.56. The van der Waals surface area contributed by atoms with Crippen LogP contribution in [-0.2, 0) is 11.3 Å². The lowest BCUT2D eigenvalue weighted by Crippen LogP contribution is -2.48. The van der Waals surface area contributed by atoms with Gasteiger partial charge in [-0.05, 0) is 23.8 Å². The highest BCUT2D eigenvalue weighted by Gasteiger charge is 2.25. The summed E-state index contributed by atoms with van der Waals surface area (Å²) in [6.45, 7) is 1.76. The minimum absolute atomic E-state index is 0.0622. The van der Waals surface area contributed by atoms with Crippen LogP contribution in [0.1, 0.15) is 5.56 Å². The molecule has 1 atom stereocenters. The number of nitrogens with zero attached hydrogens (tertiary/aromatic N) is 4.